The van der Waals surface area contributed by atoms with Crippen LogP contribution in [0.4, 0.5) is 0 Å². The number of hydrogen-bond acceptors (Lipinski definition) is 8. The van der Waals surface area contributed by atoms with E-state index in [1.165, 1.54) is 11.8 Å². The van der Waals surface area contributed by atoms with Crippen molar-refractivity contribution in [3.05, 3.63) is 12.7 Å². The number of carbonyl (C=O) groups excluding carboxylic acids is 3. The van der Waals surface area contributed by atoms with Gasteiger partial charge in [-0.1, -0.05) is 47.6 Å². The lowest BCUT2D eigenvalue weighted by Gasteiger charge is -2.61. The summed E-state index contributed by atoms with van der Waals surface area (Å²) in [5.41, 5.74) is 4.45. The lowest BCUT2D eigenvalue weighted by atomic mass is 9.44. The fraction of sp³-hybridized carbons (Fsp3) is 0.848. The van der Waals surface area contributed by atoms with Crippen molar-refractivity contribution >= 4 is 29.4 Å². The van der Waals surface area contributed by atoms with Gasteiger partial charge in [0.2, 0.25) is 5.91 Å². The Kier molecular flexibility index (Phi) is 9.98. The van der Waals surface area contributed by atoms with Crippen molar-refractivity contribution in [2.45, 2.75) is 129 Å². The number of Topliss-reactive ketones (excluding diaryl/α,β-unsaturated/α-hetero) is 1. The number of thioether (sulfide) groups is 1. The second kappa shape index (κ2) is 12.5. The lowest BCUT2D eigenvalue weighted by molar-refractivity contribution is -0.205. The van der Waals surface area contributed by atoms with E-state index in [2.05, 4.69) is 32.7 Å². The molecule has 42 heavy (non-hydrogen) atoms. The summed E-state index contributed by atoms with van der Waals surface area (Å²) < 4.78 is 6.35. The highest BCUT2D eigenvalue weighted by Crippen LogP contribution is 2.68. The second-order valence-electron chi connectivity index (χ2n) is 14.8. The highest BCUT2D eigenvalue weighted by atomic mass is 32.2. The smallest absolute Gasteiger partial charge is 0.316 e. The van der Waals surface area contributed by atoms with Crippen LogP contribution >= 0.6 is 11.8 Å². The van der Waals surface area contributed by atoms with Crippen molar-refractivity contribution in [3.63, 3.8) is 0 Å². The van der Waals surface area contributed by atoms with Gasteiger partial charge in [-0.05, 0) is 68.1 Å². The Morgan fingerprint density at radius 1 is 1.19 bits per heavy atom. The molecule has 4 fully saturated rings. The van der Waals surface area contributed by atoms with Gasteiger partial charge in [0.15, 0.2) is 0 Å². The van der Waals surface area contributed by atoms with Crippen LogP contribution in [0.5, 0.6) is 0 Å². The number of rotatable bonds is 8. The van der Waals surface area contributed by atoms with Gasteiger partial charge in [0.05, 0.1) is 24.0 Å². The molecule has 4 aliphatic carbocycles. The maximum Gasteiger partial charge on any atom is 0.316 e. The molecular weight excluding hydrogens is 552 g/mol. The first-order chi connectivity index (χ1) is 19.6. The first kappa shape index (κ1) is 33.5. The first-order valence-corrected chi connectivity index (χ1v) is 17.0. The monoisotopic (exact) mass is 606 g/mol. The second-order valence-corrected chi connectivity index (χ2v) is 16.0. The van der Waals surface area contributed by atoms with Crippen LogP contribution in [0.2, 0.25) is 0 Å². The third-order valence-corrected chi connectivity index (χ3v) is 13.5. The van der Waals surface area contributed by atoms with Crippen molar-refractivity contribution in [2.75, 3.05) is 5.75 Å². The third kappa shape index (κ3) is 5.84. The molecule has 9 heteroatoms. The van der Waals surface area contributed by atoms with Gasteiger partial charge in [-0.25, -0.2) is 0 Å². The predicted molar refractivity (Wildman–Crippen MR) is 165 cm³/mol. The lowest BCUT2D eigenvalue weighted by Crippen LogP contribution is -2.63. The molecule has 1 amide bonds. The topological polar surface area (TPSA) is 139 Å². The molecule has 0 heterocycles. The molecule has 0 aromatic heterocycles. The molecular formula is C33H54N2O6S. The van der Waals surface area contributed by atoms with E-state index >= 15 is 0 Å². The van der Waals surface area contributed by atoms with Crippen LogP contribution in [0.25, 0.3) is 0 Å². The van der Waals surface area contributed by atoms with E-state index in [9.17, 15) is 24.6 Å². The Balaban J connectivity index is 1.46. The molecule has 4 saturated carbocycles. The van der Waals surface area contributed by atoms with Gasteiger partial charge >= 0.3 is 5.97 Å². The third-order valence-electron chi connectivity index (χ3n) is 12.1. The van der Waals surface area contributed by atoms with E-state index in [4.69, 9.17) is 10.5 Å². The molecule has 0 aromatic carbocycles. The summed E-state index contributed by atoms with van der Waals surface area (Å²) in [5, 5.41) is 25.4. The van der Waals surface area contributed by atoms with Crippen molar-refractivity contribution in [2.24, 2.45) is 45.7 Å². The molecule has 8 nitrogen and oxygen atoms in total. The number of amides is 1. The molecule has 238 valence electrons. The van der Waals surface area contributed by atoms with Crippen LogP contribution < -0.4 is 11.1 Å². The number of ether oxygens (including phenoxy) is 1. The van der Waals surface area contributed by atoms with Crippen molar-refractivity contribution in [1.29, 1.82) is 0 Å². The molecule has 0 aromatic rings. The number of nitrogens with one attached hydrogen (secondary N) is 1. The van der Waals surface area contributed by atoms with Crippen molar-refractivity contribution in [1.82, 2.24) is 5.32 Å². The summed E-state index contributed by atoms with van der Waals surface area (Å²) in [6, 6.07) is -0.721. The Labute approximate surface area is 256 Å². The summed E-state index contributed by atoms with van der Waals surface area (Å²) in [7, 11) is 0. The highest BCUT2D eigenvalue weighted by Gasteiger charge is 2.68. The number of aliphatic hydroxyl groups is 2. The summed E-state index contributed by atoms with van der Waals surface area (Å²) >= 11 is 1.39. The normalized spacial score (nSPS) is 44.5. The molecule has 4 rings (SSSR count). The van der Waals surface area contributed by atoms with Gasteiger partial charge in [0, 0.05) is 34.5 Å². The molecule has 0 saturated heterocycles. The van der Waals surface area contributed by atoms with E-state index in [0.717, 1.165) is 19.3 Å². The van der Waals surface area contributed by atoms with Crippen molar-refractivity contribution < 1.29 is 29.3 Å². The minimum absolute atomic E-state index is 0.0312. The van der Waals surface area contributed by atoms with E-state index in [-0.39, 0.29) is 63.8 Å². The molecule has 0 aliphatic heterocycles. The molecule has 2 bridgehead atoms. The largest absolute Gasteiger partial charge is 0.461 e. The molecule has 4 aliphatic rings. The number of carbonyl (C=O) groups is 3. The van der Waals surface area contributed by atoms with Crippen LogP contribution in [-0.2, 0) is 19.1 Å². The van der Waals surface area contributed by atoms with Gasteiger partial charge in [-0.15, -0.1) is 18.3 Å². The highest BCUT2D eigenvalue weighted by molar-refractivity contribution is 8.00. The number of nitrogens with two attached hydrogens (primary N) is 1. The predicted octanol–water partition coefficient (Wildman–Crippen LogP) is 4.01. The van der Waals surface area contributed by atoms with Crippen LogP contribution in [0.3, 0.4) is 0 Å². The maximum absolute atomic E-state index is 13.6. The van der Waals surface area contributed by atoms with Crippen LogP contribution in [-0.4, -0.2) is 69.3 Å². The molecule has 2 unspecified atom stereocenters. The molecule has 5 N–H and O–H groups in total. The first-order valence-electron chi connectivity index (χ1n) is 16.0. The van der Waals surface area contributed by atoms with Gasteiger partial charge in [-0.3, -0.25) is 14.4 Å². The van der Waals surface area contributed by atoms with Crippen LogP contribution in [0, 0.1) is 39.9 Å². The summed E-state index contributed by atoms with van der Waals surface area (Å²) in [4.78, 5) is 39.4. The Morgan fingerprint density at radius 2 is 1.88 bits per heavy atom. The van der Waals surface area contributed by atoms with Gasteiger partial charge in [0.25, 0.3) is 0 Å². The standard InChI is InChI=1S/C33H54N2O6S/c1-8-31(6)16-25(32(7)19(4)11-13-33(20(5)29(31)39)14-12-22(36)28(32)33)41-26(38)17-42-24-10-9-21(15-23(24)37)35-30(40)27(34)18(2)3/h8,18-21,23-25,27-29,37,39H,1,9-17,34H2,2-7H3,(H,35,40)/t19?,20-,21+,23+,24+,25+,27+,28-,29-,31+,32-,33?/m0/s1. The summed E-state index contributed by atoms with van der Waals surface area (Å²) in [5.74, 6) is -0.349. The Hall–Kier alpha value is -1.42. The van der Waals surface area contributed by atoms with Gasteiger partial charge in [-0.2, -0.15) is 0 Å². The zero-order valence-corrected chi connectivity index (χ0v) is 27.3. The zero-order chi connectivity index (χ0) is 31.2. The average molecular weight is 607 g/mol. The number of esters is 1. The minimum Gasteiger partial charge on any atom is -0.461 e. The quantitative estimate of drug-likeness (QED) is 0.240. The minimum atomic E-state index is -0.696. The van der Waals surface area contributed by atoms with Gasteiger partial charge in [0.1, 0.15) is 11.9 Å². The van der Waals surface area contributed by atoms with E-state index in [1.54, 1.807) is 0 Å². The van der Waals surface area contributed by atoms with Crippen molar-refractivity contribution in [3.8, 4) is 0 Å². The molecule has 0 spiro atoms. The fourth-order valence-electron chi connectivity index (χ4n) is 8.91. The molecule has 0 radical (unpaired) electrons. The SMILES string of the molecule is C=C[C@]1(C)C[C@@H](OC(=O)CS[C@@H]2CC[C@@H](NC(=O)[C@H](N)C(C)C)C[C@H]2O)[C@]2(C)C(C)CCC3(CCC(=O)[C@H]32)[C@@H](C)[C@@H]1O. The number of aliphatic hydroxyl groups excluding tert-OH is 2. The Bertz CT molecular complexity index is 1050. The zero-order valence-electron chi connectivity index (χ0n) is 26.4. The van der Waals surface area contributed by atoms with Crippen LogP contribution in [0.15, 0.2) is 12.7 Å². The summed E-state index contributed by atoms with van der Waals surface area (Å²) in [6.45, 7) is 16.3. The maximum atomic E-state index is 13.6. The average Bonchev–Trinajstić information content (AvgIpc) is 3.30. The summed E-state index contributed by atoms with van der Waals surface area (Å²) in [6.07, 6.45) is 5.21. The number of ketones is 1. The Morgan fingerprint density at radius 3 is 2.50 bits per heavy atom. The van der Waals surface area contributed by atoms with Crippen LogP contribution in [0.1, 0.15) is 92.9 Å². The number of hydrogen-bond donors (Lipinski definition) is 4. The van der Waals surface area contributed by atoms with E-state index in [0.29, 0.717) is 32.1 Å². The van der Waals surface area contributed by atoms with E-state index < -0.39 is 35.2 Å². The van der Waals surface area contributed by atoms with E-state index in [1.807, 2.05) is 26.8 Å². The fourth-order valence-corrected chi connectivity index (χ4v) is 9.97. The molecule has 12 atom stereocenters. The van der Waals surface area contributed by atoms with Gasteiger partial charge < -0.3 is 26.0 Å².